The van der Waals surface area contributed by atoms with Gasteiger partial charge in [-0.2, -0.15) is 0 Å². The van der Waals surface area contributed by atoms with E-state index in [0.29, 0.717) is 13.2 Å². The molecular weight excluding hydrogens is 290 g/mol. The Morgan fingerprint density at radius 1 is 1.17 bits per heavy atom. The lowest BCUT2D eigenvalue weighted by Gasteiger charge is -2.28. The molecule has 0 radical (unpaired) electrons. The SMILES string of the molecule is Cc1ccccc1OCC(=O)N(c1ccccc1)C1CCOC1. The molecule has 0 spiro atoms. The van der Waals surface area contributed by atoms with Crippen molar-refractivity contribution in [2.75, 3.05) is 24.7 Å². The molecule has 1 unspecified atom stereocenters. The summed E-state index contributed by atoms with van der Waals surface area (Å²) >= 11 is 0. The van der Waals surface area contributed by atoms with Crippen molar-refractivity contribution < 1.29 is 14.3 Å². The second-order valence-corrected chi connectivity index (χ2v) is 5.67. The lowest BCUT2D eigenvalue weighted by Crippen LogP contribution is -2.43. The number of para-hydroxylation sites is 2. The van der Waals surface area contributed by atoms with Crippen LogP contribution in [0.2, 0.25) is 0 Å². The minimum Gasteiger partial charge on any atom is -0.483 e. The molecule has 4 nitrogen and oxygen atoms in total. The highest BCUT2D eigenvalue weighted by Crippen LogP contribution is 2.23. The second-order valence-electron chi connectivity index (χ2n) is 5.67. The fourth-order valence-electron chi connectivity index (χ4n) is 2.80. The number of hydrogen-bond acceptors (Lipinski definition) is 3. The van der Waals surface area contributed by atoms with Crippen LogP contribution in [0.4, 0.5) is 5.69 Å². The Labute approximate surface area is 136 Å². The summed E-state index contributed by atoms with van der Waals surface area (Å²) in [5.41, 5.74) is 1.91. The van der Waals surface area contributed by atoms with Crippen molar-refractivity contribution in [2.45, 2.75) is 19.4 Å². The predicted molar refractivity (Wildman–Crippen MR) is 89.8 cm³/mol. The van der Waals surface area contributed by atoms with E-state index in [9.17, 15) is 4.79 Å². The van der Waals surface area contributed by atoms with Gasteiger partial charge in [0, 0.05) is 12.3 Å². The Morgan fingerprint density at radius 2 is 1.91 bits per heavy atom. The van der Waals surface area contributed by atoms with Gasteiger partial charge in [0.15, 0.2) is 6.61 Å². The maximum atomic E-state index is 12.8. The van der Waals surface area contributed by atoms with Gasteiger partial charge in [-0.1, -0.05) is 36.4 Å². The van der Waals surface area contributed by atoms with Crippen molar-refractivity contribution in [3.05, 3.63) is 60.2 Å². The van der Waals surface area contributed by atoms with E-state index >= 15 is 0 Å². The summed E-state index contributed by atoms with van der Waals surface area (Å²) in [5.74, 6) is 0.700. The Morgan fingerprint density at radius 3 is 2.61 bits per heavy atom. The lowest BCUT2D eigenvalue weighted by atomic mass is 10.2. The first-order chi connectivity index (χ1) is 11.3. The molecule has 1 aliphatic heterocycles. The highest BCUT2D eigenvalue weighted by atomic mass is 16.5. The minimum absolute atomic E-state index is 0.0241. The number of rotatable bonds is 5. The number of amides is 1. The zero-order valence-electron chi connectivity index (χ0n) is 13.3. The van der Waals surface area contributed by atoms with Crippen molar-refractivity contribution in [1.82, 2.24) is 0 Å². The smallest absolute Gasteiger partial charge is 0.265 e. The zero-order chi connectivity index (χ0) is 16.1. The van der Waals surface area contributed by atoms with E-state index in [1.54, 1.807) is 0 Å². The fraction of sp³-hybridized carbons (Fsp3) is 0.316. The van der Waals surface area contributed by atoms with Crippen molar-refractivity contribution in [3.8, 4) is 5.75 Å². The molecule has 1 saturated heterocycles. The van der Waals surface area contributed by atoms with Gasteiger partial charge in [-0.3, -0.25) is 4.79 Å². The van der Waals surface area contributed by atoms with E-state index in [-0.39, 0.29) is 18.6 Å². The largest absolute Gasteiger partial charge is 0.483 e. The third kappa shape index (κ3) is 3.71. The van der Waals surface area contributed by atoms with Crippen LogP contribution in [0.15, 0.2) is 54.6 Å². The molecule has 1 amide bonds. The number of hydrogen-bond donors (Lipinski definition) is 0. The summed E-state index contributed by atoms with van der Waals surface area (Å²) in [6, 6.07) is 17.5. The van der Waals surface area contributed by atoms with E-state index in [1.807, 2.05) is 66.4 Å². The molecule has 23 heavy (non-hydrogen) atoms. The first kappa shape index (κ1) is 15.6. The molecule has 0 N–H and O–H groups in total. The van der Waals surface area contributed by atoms with E-state index in [0.717, 1.165) is 23.4 Å². The summed E-state index contributed by atoms with van der Waals surface area (Å²) in [7, 11) is 0. The minimum atomic E-state index is -0.0463. The van der Waals surface area contributed by atoms with Crippen LogP contribution < -0.4 is 9.64 Å². The standard InChI is InChI=1S/C19H21NO3/c1-15-7-5-6-10-18(15)23-14-19(21)20(17-11-12-22-13-17)16-8-3-2-4-9-16/h2-10,17H,11-14H2,1H3. The molecule has 2 aromatic carbocycles. The van der Waals surface area contributed by atoms with E-state index in [4.69, 9.17) is 9.47 Å². The van der Waals surface area contributed by atoms with Gasteiger partial charge in [0.2, 0.25) is 0 Å². The molecule has 0 aromatic heterocycles. The van der Waals surface area contributed by atoms with Gasteiger partial charge in [-0.05, 0) is 37.1 Å². The van der Waals surface area contributed by atoms with Crippen LogP contribution in [0.1, 0.15) is 12.0 Å². The Hall–Kier alpha value is -2.33. The highest BCUT2D eigenvalue weighted by Gasteiger charge is 2.28. The number of carbonyl (C=O) groups excluding carboxylic acids is 1. The maximum Gasteiger partial charge on any atom is 0.265 e. The number of ether oxygens (including phenoxy) is 2. The number of benzene rings is 2. The summed E-state index contributed by atoms with van der Waals surface area (Å²) in [5, 5.41) is 0. The van der Waals surface area contributed by atoms with E-state index in [2.05, 4.69) is 0 Å². The number of anilines is 1. The number of nitrogens with zero attached hydrogens (tertiary/aromatic N) is 1. The molecule has 120 valence electrons. The van der Waals surface area contributed by atoms with Crippen LogP contribution in [0.5, 0.6) is 5.75 Å². The van der Waals surface area contributed by atoms with Gasteiger partial charge in [0.25, 0.3) is 5.91 Å². The van der Waals surface area contributed by atoms with Crippen LogP contribution in [0.25, 0.3) is 0 Å². The molecule has 3 rings (SSSR count). The number of carbonyl (C=O) groups is 1. The third-order valence-electron chi connectivity index (χ3n) is 4.02. The summed E-state index contributed by atoms with van der Waals surface area (Å²) < 4.78 is 11.2. The predicted octanol–water partition coefficient (Wildman–Crippen LogP) is 3.20. The Kier molecular flexibility index (Phi) is 4.93. The average molecular weight is 311 g/mol. The molecule has 0 aliphatic carbocycles. The van der Waals surface area contributed by atoms with Crippen LogP contribution in [0, 0.1) is 6.92 Å². The monoisotopic (exact) mass is 311 g/mol. The molecule has 0 bridgehead atoms. The van der Waals surface area contributed by atoms with Gasteiger partial charge in [0.05, 0.1) is 12.6 Å². The Bertz CT molecular complexity index is 651. The first-order valence-electron chi connectivity index (χ1n) is 7.89. The molecule has 1 atom stereocenters. The van der Waals surface area contributed by atoms with Gasteiger partial charge in [-0.25, -0.2) is 0 Å². The van der Waals surface area contributed by atoms with Crippen LogP contribution >= 0.6 is 0 Å². The van der Waals surface area contributed by atoms with Crippen molar-refractivity contribution in [3.63, 3.8) is 0 Å². The lowest BCUT2D eigenvalue weighted by molar-refractivity contribution is -0.121. The normalized spacial score (nSPS) is 17.0. The van der Waals surface area contributed by atoms with Crippen molar-refractivity contribution in [1.29, 1.82) is 0 Å². The van der Waals surface area contributed by atoms with E-state index < -0.39 is 0 Å². The molecular formula is C19H21NO3. The van der Waals surface area contributed by atoms with Gasteiger partial charge in [-0.15, -0.1) is 0 Å². The summed E-state index contributed by atoms with van der Waals surface area (Å²) in [6.45, 7) is 3.26. The molecule has 1 heterocycles. The maximum absolute atomic E-state index is 12.8. The molecule has 1 fully saturated rings. The topological polar surface area (TPSA) is 38.8 Å². The molecule has 2 aromatic rings. The van der Waals surface area contributed by atoms with Crippen LogP contribution in [-0.4, -0.2) is 31.8 Å². The molecule has 1 aliphatic rings. The third-order valence-corrected chi connectivity index (χ3v) is 4.02. The summed E-state index contributed by atoms with van der Waals surface area (Å²) in [6.07, 6.45) is 0.852. The van der Waals surface area contributed by atoms with Gasteiger partial charge < -0.3 is 14.4 Å². The quantitative estimate of drug-likeness (QED) is 0.851. The highest BCUT2D eigenvalue weighted by molar-refractivity contribution is 5.95. The second kappa shape index (κ2) is 7.29. The fourth-order valence-corrected chi connectivity index (χ4v) is 2.80. The molecule has 0 saturated carbocycles. The number of aryl methyl sites for hydroxylation is 1. The zero-order valence-corrected chi connectivity index (χ0v) is 13.3. The van der Waals surface area contributed by atoms with Gasteiger partial charge in [0.1, 0.15) is 5.75 Å². The van der Waals surface area contributed by atoms with Crippen LogP contribution in [0.3, 0.4) is 0 Å². The van der Waals surface area contributed by atoms with Crippen molar-refractivity contribution >= 4 is 11.6 Å². The van der Waals surface area contributed by atoms with Gasteiger partial charge >= 0.3 is 0 Å². The van der Waals surface area contributed by atoms with Crippen LogP contribution in [-0.2, 0) is 9.53 Å². The van der Waals surface area contributed by atoms with E-state index in [1.165, 1.54) is 0 Å². The molecule has 4 heteroatoms. The first-order valence-corrected chi connectivity index (χ1v) is 7.89. The average Bonchev–Trinajstić information content (AvgIpc) is 3.09. The summed E-state index contributed by atoms with van der Waals surface area (Å²) in [4.78, 5) is 14.6. The van der Waals surface area contributed by atoms with Crippen molar-refractivity contribution in [2.24, 2.45) is 0 Å². The Balaban J connectivity index is 1.74.